The van der Waals surface area contributed by atoms with Crippen molar-refractivity contribution in [3.8, 4) is 0 Å². The van der Waals surface area contributed by atoms with Crippen LogP contribution >= 0.6 is 11.6 Å². The Morgan fingerprint density at radius 2 is 2.12 bits per heavy atom. The van der Waals surface area contributed by atoms with E-state index in [1.807, 2.05) is 13.8 Å². The van der Waals surface area contributed by atoms with E-state index in [1.165, 1.54) is 0 Å². The van der Waals surface area contributed by atoms with Crippen LogP contribution in [0.15, 0.2) is 34.7 Å². The summed E-state index contributed by atoms with van der Waals surface area (Å²) in [7, 11) is 1.57. The summed E-state index contributed by atoms with van der Waals surface area (Å²) < 4.78 is 12.8. The van der Waals surface area contributed by atoms with E-state index in [2.05, 4.69) is 22.0 Å². The lowest BCUT2D eigenvalue weighted by Crippen LogP contribution is -2.47. The van der Waals surface area contributed by atoms with E-state index in [0.29, 0.717) is 5.84 Å². The Kier molecular flexibility index (Phi) is 7.21. The smallest absolute Gasteiger partial charge is 0.210 e. The van der Waals surface area contributed by atoms with Crippen LogP contribution in [0, 0.1) is 0 Å². The maximum Gasteiger partial charge on any atom is 0.210 e. The molecular formula is C11H18ClFN4. The van der Waals surface area contributed by atoms with Crippen LogP contribution < -0.4 is 5.43 Å². The Morgan fingerprint density at radius 1 is 1.53 bits per heavy atom. The van der Waals surface area contributed by atoms with Gasteiger partial charge in [0.25, 0.3) is 0 Å². The Bertz CT molecular complexity index is 347. The van der Waals surface area contributed by atoms with E-state index in [9.17, 15) is 4.39 Å². The molecule has 0 aliphatic carbocycles. The normalized spacial score (nSPS) is 13.9. The predicted molar refractivity (Wildman–Crippen MR) is 71.8 cm³/mol. The van der Waals surface area contributed by atoms with Gasteiger partial charge in [-0.2, -0.15) is 0 Å². The van der Waals surface area contributed by atoms with Gasteiger partial charge >= 0.3 is 0 Å². The number of allylic oxidation sites excluding steroid dienone is 2. The fraction of sp³-hybridized carbons (Fsp3) is 0.455. The van der Waals surface area contributed by atoms with E-state index in [-0.39, 0.29) is 11.3 Å². The molecule has 0 aromatic heterocycles. The first-order valence-corrected chi connectivity index (χ1v) is 5.50. The lowest BCUT2D eigenvalue weighted by molar-refractivity contribution is 0.310. The van der Waals surface area contributed by atoms with Crippen molar-refractivity contribution >= 4 is 22.7 Å². The molecule has 0 aliphatic rings. The minimum atomic E-state index is -0.497. The molecule has 0 bridgehead atoms. The average Bonchev–Trinajstić information content (AvgIpc) is 2.31. The number of halogens is 2. The first-order valence-electron chi connectivity index (χ1n) is 5.13. The van der Waals surface area contributed by atoms with Crippen molar-refractivity contribution in [3.05, 3.63) is 24.7 Å². The first-order chi connectivity index (χ1) is 7.92. The molecule has 0 spiro atoms. The molecule has 0 aromatic rings. The zero-order valence-electron chi connectivity index (χ0n) is 10.5. The summed E-state index contributed by atoms with van der Waals surface area (Å²) in [5.41, 5.74) is 2.85. The number of nitrogens with zero attached hydrogens (tertiary/aromatic N) is 3. The zero-order valence-corrected chi connectivity index (χ0v) is 11.3. The summed E-state index contributed by atoms with van der Waals surface area (Å²) in [5.74, 6) is 0.0714. The Balaban J connectivity index is 4.88. The second-order valence-electron chi connectivity index (χ2n) is 3.48. The van der Waals surface area contributed by atoms with Crippen molar-refractivity contribution in [2.45, 2.75) is 26.8 Å². The standard InChI is InChI=1S/C11H18ClFN4/c1-6-10(13)7-15-9(4)17(8(2)3)16-11(12)14-5/h6-8H,1H2,2-5H3,(H,14,16)/b10-7-,15-9?. The summed E-state index contributed by atoms with van der Waals surface area (Å²) in [6, 6.07) is 0.0921. The van der Waals surface area contributed by atoms with Gasteiger partial charge in [-0.05, 0) is 38.4 Å². The van der Waals surface area contributed by atoms with Gasteiger partial charge < -0.3 is 0 Å². The van der Waals surface area contributed by atoms with Gasteiger partial charge in [0.15, 0.2) is 0 Å². The second kappa shape index (κ2) is 7.84. The molecule has 0 aromatic carbocycles. The molecule has 0 atom stereocenters. The minimum absolute atomic E-state index is 0.0921. The van der Waals surface area contributed by atoms with Crippen molar-refractivity contribution in [2.75, 3.05) is 7.05 Å². The number of nitrogens with one attached hydrogen (secondary N) is 1. The SMILES string of the molecule is C=C/C(F)=C/N=C(C)N(NC(Cl)=NC)C(C)C. The Morgan fingerprint density at radius 3 is 2.53 bits per heavy atom. The molecule has 1 N–H and O–H groups in total. The van der Waals surface area contributed by atoms with Gasteiger partial charge in [0.05, 0.1) is 6.20 Å². The maximum absolute atomic E-state index is 12.8. The molecule has 4 nitrogen and oxygen atoms in total. The third-order valence-electron chi connectivity index (χ3n) is 1.84. The van der Waals surface area contributed by atoms with Gasteiger partial charge in [-0.3, -0.25) is 15.4 Å². The fourth-order valence-electron chi connectivity index (χ4n) is 1.00. The summed E-state index contributed by atoms with van der Waals surface area (Å²) in [5, 5.41) is 1.92. The molecular weight excluding hydrogens is 243 g/mol. The highest BCUT2D eigenvalue weighted by Crippen LogP contribution is 2.01. The summed E-state index contributed by atoms with van der Waals surface area (Å²) in [6.45, 7) is 8.92. The first kappa shape index (κ1) is 15.6. The molecule has 0 saturated heterocycles. The fourth-order valence-corrected chi connectivity index (χ4v) is 1.09. The largest absolute Gasteiger partial charge is 0.271 e. The molecule has 6 heteroatoms. The van der Waals surface area contributed by atoms with Gasteiger partial charge in [-0.25, -0.2) is 9.38 Å². The Hall–Kier alpha value is -1.36. The van der Waals surface area contributed by atoms with Crippen LogP contribution in [0.2, 0.25) is 0 Å². The highest BCUT2D eigenvalue weighted by Gasteiger charge is 2.11. The zero-order chi connectivity index (χ0) is 13.4. The highest BCUT2D eigenvalue weighted by atomic mass is 35.5. The molecule has 0 radical (unpaired) electrons. The number of hydrogen-bond donors (Lipinski definition) is 1. The van der Waals surface area contributed by atoms with Crippen LogP contribution in [-0.4, -0.2) is 29.2 Å². The summed E-state index contributed by atoms with van der Waals surface area (Å²) >= 11 is 5.77. The van der Waals surface area contributed by atoms with Crippen LogP contribution in [-0.2, 0) is 0 Å². The Labute approximate surface area is 107 Å². The van der Waals surface area contributed by atoms with Gasteiger partial charge in [0, 0.05) is 13.1 Å². The number of aliphatic imine (C=N–C) groups is 2. The maximum atomic E-state index is 12.8. The van der Waals surface area contributed by atoms with E-state index in [1.54, 1.807) is 19.0 Å². The van der Waals surface area contributed by atoms with Crippen molar-refractivity contribution in [1.29, 1.82) is 0 Å². The third-order valence-corrected chi connectivity index (χ3v) is 2.10. The van der Waals surface area contributed by atoms with Crippen molar-refractivity contribution in [1.82, 2.24) is 10.4 Å². The highest BCUT2D eigenvalue weighted by molar-refractivity contribution is 6.64. The van der Waals surface area contributed by atoms with E-state index < -0.39 is 5.83 Å². The van der Waals surface area contributed by atoms with E-state index in [0.717, 1.165) is 12.3 Å². The van der Waals surface area contributed by atoms with Gasteiger partial charge in [0.2, 0.25) is 5.29 Å². The number of hydrazine groups is 1. The molecule has 0 heterocycles. The molecule has 0 aliphatic heterocycles. The molecule has 0 amide bonds. The molecule has 0 saturated carbocycles. The molecule has 17 heavy (non-hydrogen) atoms. The molecule has 0 unspecified atom stereocenters. The third kappa shape index (κ3) is 6.06. The van der Waals surface area contributed by atoms with E-state index in [4.69, 9.17) is 11.6 Å². The van der Waals surface area contributed by atoms with Gasteiger partial charge in [-0.1, -0.05) is 6.58 Å². The van der Waals surface area contributed by atoms with Crippen LogP contribution in [0.25, 0.3) is 0 Å². The average molecular weight is 261 g/mol. The molecule has 0 fully saturated rings. The van der Waals surface area contributed by atoms with E-state index >= 15 is 0 Å². The quantitative estimate of drug-likeness (QED) is 0.279. The van der Waals surface area contributed by atoms with Crippen LogP contribution in [0.3, 0.4) is 0 Å². The minimum Gasteiger partial charge on any atom is -0.271 e. The monoisotopic (exact) mass is 260 g/mol. The van der Waals surface area contributed by atoms with Crippen LogP contribution in [0.5, 0.6) is 0 Å². The van der Waals surface area contributed by atoms with Crippen LogP contribution in [0.1, 0.15) is 20.8 Å². The lowest BCUT2D eigenvalue weighted by Gasteiger charge is -2.28. The second-order valence-corrected chi connectivity index (χ2v) is 3.84. The molecule has 96 valence electrons. The van der Waals surface area contributed by atoms with Crippen LogP contribution in [0.4, 0.5) is 4.39 Å². The van der Waals surface area contributed by atoms with Crippen molar-refractivity contribution in [3.63, 3.8) is 0 Å². The van der Waals surface area contributed by atoms with Gasteiger partial charge in [-0.15, -0.1) is 0 Å². The topological polar surface area (TPSA) is 40.0 Å². The van der Waals surface area contributed by atoms with Gasteiger partial charge in [0.1, 0.15) is 11.7 Å². The van der Waals surface area contributed by atoms with Crippen molar-refractivity contribution < 1.29 is 4.39 Å². The number of amidine groups is 2. The number of rotatable bonds is 3. The predicted octanol–water partition coefficient (Wildman–Crippen LogP) is 2.84. The number of hydrogen-bond acceptors (Lipinski definition) is 2. The molecule has 0 rings (SSSR count). The summed E-state index contributed by atoms with van der Waals surface area (Å²) in [4.78, 5) is 7.74. The lowest BCUT2D eigenvalue weighted by atomic mass is 10.3. The van der Waals surface area contributed by atoms with Crippen molar-refractivity contribution in [2.24, 2.45) is 9.98 Å². The summed E-state index contributed by atoms with van der Waals surface area (Å²) in [6.07, 6.45) is 2.18.